The van der Waals surface area contributed by atoms with Crippen molar-refractivity contribution in [3.05, 3.63) is 53.4 Å². The minimum absolute atomic E-state index is 0.102. The van der Waals surface area contributed by atoms with Crippen molar-refractivity contribution in [1.82, 2.24) is 25.1 Å². The molecule has 2 N–H and O–H groups in total. The maximum atomic E-state index is 12.2. The van der Waals surface area contributed by atoms with Crippen molar-refractivity contribution in [3.8, 4) is 5.95 Å². The van der Waals surface area contributed by atoms with E-state index in [9.17, 15) is 9.59 Å². The van der Waals surface area contributed by atoms with Crippen LogP contribution in [0.15, 0.2) is 34.9 Å². The molecule has 0 radical (unpaired) electrons. The van der Waals surface area contributed by atoms with Gasteiger partial charge in [0.1, 0.15) is 5.82 Å². The number of aromatic nitrogens is 4. The van der Waals surface area contributed by atoms with Gasteiger partial charge in [-0.2, -0.15) is 9.78 Å². The smallest absolute Gasteiger partial charge is 0.286 e. The van der Waals surface area contributed by atoms with Crippen LogP contribution in [-0.4, -0.2) is 38.1 Å². The minimum atomic E-state index is -0.364. The van der Waals surface area contributed by atoms with Crippen LogP contribution >= 0.6 is 0 Å². The van der Waals surface area contributed by atoms with Gasteiger partial charge in [0.25, 0.3) is 11.9 Å². The summed E-state index contributed by atoms with van der Waals surface area (Å²) >= 11 is 0. The number of amides is 2. The van der Waals surface area contributed by atoms with Crippen LogP contribution in [0.4, 0.5) is 5.82 Å². The van der Waals surface area contributed by atoms with E-state index in [4.69, 9.17) is 4.42 Å². The summed E-state index contributed by atoms with van der Waals surface area (Å²) in [6.07, 6.45) is 1.52. The zero-order chi connectivity index (χ0) is 19.4. The predicted molar refractivity (Wildman–Crippen MR) is 97.7 cm³/mol. The summed E-state index contributed by atoms with van der Waals surface area (Å²) in [5.74, 6) is 0.440. The molecule has 3 aromatic rings. The van der Waals surface area contributed by atoms with E-state index in [0.29, 0.717) is 11.8 Å². The first-order valence-electron chi connectivity index (χ1n) is 8.43. The molecule has 0 bridgehead atoms. The van der Waals surface area contributed by atoms with Gasteiger partial charge < -0.3 is 15.1 Å². The lowest BCUT2D eigenvalue weighted by molar-refractivity contribution is -0.116. The van der Waals surface area contributed by atoms with E-state index in [1.54, 1.807) is 18.2 Å². The molecular weight excluding hydrogens is 348 g/mol. The Kier molecular flexibility index (Phi) is 5.30. The molecule has 2 amide bonds. The predicted octanol–water partition coefficient (Wildman–Crippen LogP) is 1.94. The second kappa shape index (κ2) is 7.81. The van der Waals surface area contributed by atoms with E-state index in [1.807, 2.05) is 26.8 Å². The fourth-order valence-electron chi connectivity index (χ4n) is 2.53. The van der Waals surface area contributed by atoms with Crippen molar-refractivity contribution in [2.24, 2.45) is 0 Å². The van der Waals surface area contributed by atoms with Gasteiger partial charge in [-0.05, 0) is 39.0 Å². The molecule has 3 heterocycles. The highest BCUT2D eigenvalue weighted by Crippen LogP contribution is 2.15. The van der Waals surface area contributed by atoms with Crippen LogP contribution in [0, 0.1) is 20.8 Å². The number of furan rings is 1. The number of carbonyl (C=O) groups is 2. The Morgan fingerprint density at radius 3 is 2.52 bits per heavy atom. The fraction of sp³-hybridized carbons (Fsp3) is 0.278. The lowest BCUT2D eigenvalue weighted by Gasteiger charge is -2.09. The standard InChI is InChI=1S/C18H20N6O3/c1-11-9-12(2)21-18(20-11)24-15(10-13(3)23-24)22-16(25)6-7-19-17(26)14-5-4-8-27-14/h4-5,8-10H,6-7H2,1-3H3,(H,19,26)(H,22,25). The van der Waals surface area contributed by atoms with Gasteiger partial charge in [-0.25, -0.2) is 9.97 Å². The Morgan fingerprint density at radius 1 is 1.11 bits per heavy atom. The molecule has 0 fully saturated rings. The minimum Gasteiger partial charge on any atom is -0.459 e. The first-order chi connectivity index (χ1) is 12.9. The van der Waals surface area contributed by atoms with Crippen LogP contribution in [0.5, 0.6) is 0 Å². The van der Waals surface area contributed by atoms with E-state index in [2.05, 4.69) is 25.7 Å². The number of nitrogens with one attached hydrogen (secondary N) is 2. The fourth-order valence-corrected chi connectivity index (χ4v) is 2.53. The van der Waals surface area contributed by atoms with Crippen molar-refractivity contribution in [2.75, 3.05) is 11.9 Å². The molecule has 9 heteroatoms. The molecule has 0 unspecified atom stereocenters. The molecule has 0 aliphatic rings. The summed E-state index contributed by atoms with van der Waals surface area (Å²) in [5, 5.41) is 9.76. The van der Waals surface area contributed by atoms with Crippen molar-refractivity contribution in [1.29, 1.82) is 0 Å². The maximum Gasteiger partial charge on any atom is 0.286 e. The number of hydrogen-bond donors (Lipinski definition) is 2. The van der Waals surface area contributed by atoms with Crippen LogP contribution in [0.3, 0.4) is 0 Å². The SMILES string of the molecule is Cc1cc(C)nc(-n2nc(C)cc2NC(=O)CCNC(=O)c2ccco2)n1. The van der Waals surface area contributed by atoms with Gasteiger partial charge in [0.15, 0.2) is 5.76 Å². The molecule has 27 heavy (non-hydrogen) atoms. The molecule has 3 rings (SSSR count). The highest BCUT2D eigenvalue weighted by atomic mass is 16.3. The van der Waals surface area contributed by atoms with E-state index in [1.165, 1.54) is 10.9 Å². The molecule has 3 aromatic heterocycles. The largest absolute Gasteiger partial charge is 0.459 e. The van der Waals surface area contributed by atoms with Gasteiger partial charge in [-0.1, -0.05) is 0 Å². The third-order valence-corrected chi connectivity index (χ3v) is 3.64. The molecule has 0 atom stereocenters. The first-order valence-corrected chi connectivity index (χ1v) is 8.43. The normalized spacial score (nSPS) is 10.6. The lowest BCUT2D eigenvalue weighted by atomic mass is 10.3. The van der Waals surface area contributed by atoms with E-state index >= 15 is 0 Å². The van der Waals surface area contributed by atoms with E-state index in [0.717, 1.165) is 17.1 Å². The van der Waals surface area contributed by atoms with Gasteiger partial charge in [0, 0.05) is 30.4 Å². The van der Waals surface area contributed by atoms with Crippen molar-refractivity contribution >= 4 is 17.6 Å². The zero-order valence-corrected chi connectivity index (χ0v) is 15.3. The highest BCUT2D eigenvalue weighted by molar-refractivity contribution is 5.93. The average molecular weight is 368 g/mol. The third kappa shape index (κ3) is 4.57. The van der Waals surface area contributed by atoms with Crippen LogP contribution in [0.25, 0.3) is 5.95 Å². The molecule has 140 valence electrons. The Bertz CT molecular complexity index is 941. The Morgan fingerprint density at radius 2 is 1.85 bits per heavy atom. The Hall–Kier alpha value is -3.49. The molecule has 0 saturated heterocycles. The van der Waals surface area contributed by atoms with Crippen LogP contribution < -0.4 is 10.6 Å². The number of rotatable bonds is 6. The zero-order valence-electron chi connectivity index (χ0n) is 15.3. The number of anilines is 1. The number of aryl methyl sites for hydroxylation is 3. The summed E-state index contributed by atoms with van der Waals surface area (Å²) in [7, 11) is 0. The van der Waals surface area contributed by atoms with Gasteiger partial charge in [0.05, 0.1) is 12.0 Å². The second-order valence-corrected chi connectivity index (χ2v) is 6.06. The summed E-state index contributed by atoms with van der Waals surface area (Å²) < 4.78 is 6.49. The van der Waals surface area contributed by atoms with Crippen LogP contribution in [-0.2, 0) is 4.79 Å². The lowest BCUT2D eigenvalue weighted by Crippen LogP contribution is -2.27. The number of nitrogens with zero attached hydrogens (tertiary/aromatic N) is 4. The molecule has 9 nitrogen and oxygen atoms in total. The van der Waals surface area contributed by atoms with Gasteiger partial charge in [-0.3, -0.25) is 9.59 Å². The topological polar surface area (TPSA) is 115 Å². The van der Waals surface area contributed by atoms with Crippen LogP contribution in [0.2, 0.25) is 0 Å². The average Bonchev–Trinajstić information content (AvgIpc) is 3.23. The summed E-state index contributed by atoms with van der Waals surface area (Å²) in [5.41, 5.74) is 2.34. The summed E-state index contributed by atoms with van der Waals surface area (Å²) in [6, 6.07) is 6.78. The van der Waals surface area contributed by atoms with Gasteiger partial charge in [0.2, 0.25) is 5.91 Å². The van der Waals surface area contributed by atoms with Crippen molar-refractivity contribution in [3.63, 3.8) is 0 Å². The molecule has 0 aliphatic heterocycles. The quantitative estimate of drug-likeness (QED) is 0.687. The third-order valence-electron chi connectivity index (χ3n) is 3.64. The highest BCUT2D eigenvalue weighted by Gasteiger charge is 2.14. The molecule has 0 aliphatic carbocycles. The number of hydrogen-bond acceptors (Lipinski definition) is 6. The maximum absolute atomic E-state index is 12.2. The molecular formula is C18H20N6O3. The molecule has 0 aromatic carbocycles. The molecule has 0 saturated carbocycles. The first kappa shape index (κ1) is 18.3. The second-order valence-electron chi connectivity index (χ2n) is 6.06. The van der Waals surface area contributed by atoms with E-state index < -0.39 is 0 Å². The Balaban J connectivity index is 1.63. The monoisotopic (exact) mass is 368 g/mol. The van der Waals surface area contributed by atoms with Gasteiger partial charge >= 0.3 is 0 Å². The summed E-state index contributed by atoms with van der Waals surface area (Å²) in [4.78, 5) is 32.8. The van der Waals surface area contributed by atoms with Crippen LogP contribution in [0.1, 0.15) is 34.1 Å². The summed E-state index contributed by atoms with van der Waals surface area (Å²) in [6.45, 7) is 5.74. The Labute approximate surface area is 155 Å². The number of carbonyl (C=O) groups excluding carboxylic acids is 2. The molecule has 0 spiro atoms. The van der Waals surface area contributed by atoms with Gasteiger partial charge in [-0.15, -0.1) is 0 Å². The van der Waals surface area contributed by atoms with Crippen molar-refractivity contribution in [2.45, 2.75) is 27.2 Å². The van der Waals surface area contributed by atoms with E-state index in [-0.39, 0.29) is 30.5 Å². The van der Waals surface area contributed by atoms with Crippen molar-refractivity contribution < 1.29 is 14.0 Å².